The number of ether oxygens (including phenoxy) is 1. The maximum Gasteiger partial charge on any atom is 0.324 e. The zero-order valence-electron chi connectivity index (χ0n) is 13.6. The van der Waals surface area contributed by atoms with Gasteiger partial charge in [-0.1, -0.05) is 12.1 Å². The zero-order valence-corrected chi connectivity index (χ0v) is 14.4. The first kappa shape index (κ1) is 17.3. The molecule has 0 saturated heterocycles. The second-order valence-electron chi connectivity index (χ2n) is 5.63. The van der Waals surface area contributed by atoms with E-state index >= 15 is 0 Å². The summed E-state index contributed by atoms with van der Waals surface area (Å²) in [5.74, 6) is -0.770. The van der Waals surface area contributed by atoms with Crippen molar-refractivity contribution in [2.75, 3.05) is 0 Å². The Hall–Kier alpha value is -2.02. The fourth-order valence-electron chi connectivity index (χ4n) is 2.06. The van der Waals surface area contributed by atoms with Crippen LogP contribution in [0, 0.1) is 6.92 Å². The average Bonchev–Trinajstić information content (AvgIpc) is 2.51. The fraction of sp³-hybridized carbons (Fsp3) is 0.438. The largest absolute Gasteiger partial charge is 0.458 e. The Kier molecular flexibility index (Phi) is 4.99. The SMILES string of the molecule is Cc1nc2ccccc2nc1COC(=O)[C@H](C)S(=O)(=O)C(C)C. The Labute approximate surface area is 135 Å². The minimum atomic E-state index is -3.54. The van der Waals surface area contributed by atoms with Crippen LogP contribution < -0.4 is 0 Å². The molecule has 0 bridgehead atoms. The van der Waals surface area contributed by atoms with Crippen LogP contribution >= 0.6 is 0 Å². The number of benzene rings is 1. The third-order valence-corrected chi connectivity index (χ3v) is 6.17. The number of hydrogen-bond acceptors (Lipinski definition) is 6. The van der Waals surface area contributed by atoms with Crippen LogP contribution in [-0.2, 0) is 26.0 Å². The standard InChI is InChI=1S/C16H20N2O4S/c1-10(2)23(20,21)12(4)16(19)22-9-15-11(3)17-13-7-5-6-8-14(13)18-15/h5-8,10,12H,9H2,1-4H3/t12-/m0/s1. The molecule has 2 rings (SSSR count). The summed E-state index contributed by atoms with van der Waals surface area (Å²) in [7, 11) is -3.54. The number of rotatable bonds is 5. The van der Waals surface area contributed by atoms with Gasteiger partial charge in [0.15, 0.2) is 15.1 Å². The van der Waals surface area contributed by atoms with Gasteiger partial charge < -0.3 is 4.74 Å². The molecule has 0 aliphatic heterocycles. The van der Waals surface area contributed by atoms with Crippen molar-refractivity contribution in [3.05, 3.63) is 35.7 Å². The summed E-state index contributed by atoms with van der Waals surface area (Å²) >= 11 is 0. The predicted molar refractivity (Wildman–Crippen MR) is 87.6 cm³/mol. The van der Waals surface area contributed by atoms with Gasteiger partial charge >= 0.3 is 5.97 Å². The summed E-state index contributed by atoms with van der Waals surface area (Å²) in [6.45, 7) is 6.10. The second-order valence-corrected chi connectivity index (χ2v) is 8.46. The molecule has 1 aromatic carbocycles. The summed E-state index contributed by atoms with van der Waals surface area (Å²) in [6, 6.07) is 7.38. The lowest BCUT2D eigenvalue weighted by molar-refractivity contribution is -0.144. The van der Waals surface area contributed by atoms with Crippen molar-refractivity contribution in [2.45, 2.75) is 44.8 Å². The molecule has 124 valence electrons. The molecular weight excluding hydrogens is 316 g/mol. The van der Waals surface area contributed by atoms with Crippen molar-refractivity contribution in [3.8, 4) is 0 Å². The van der Waals surface area contributed by atoms with Gasteiger partial charge in [-0.15, -0.1) is 0 Å². The smallest absolute Gasteiger partial charge is 0.324 e. The van der Waals surface area contributed by atoms with E-state index in [9.17, 15) is 13.2 Å². The Bertz CT molecular complexity index is 831. The van der Waals surface area contributed by atoms with Crippen LogP contribution in [0.3, 0.4) is 0 Å². The summed E-state index contributed by atoms with van der Waals surface area (Å²) in [5.41, 5.74) is 2.63. The summed E-state index contributed by atoms with van der Waals surface area (Å²) in [5, 5.41) is -1.83. The molecule has 7 heteroatoms. The van der Waals surface area contributed by atoms with Crippen molar-refractivity contribution < 1.29 is 17.9 Å². The van der Waals surface area contributed by atoms with Gasteiger partial charge in [0.25, 0.3) is 0 Å². The number of nitrogens with zero attached hydrogens (tertiary/aromatic N) is 2. The highest BCUT2D eigenvalue weighted by Gasteiger charge is 2.32. The summed E-state index contributed by atoms with van der Waals surface area (Å²) in [4.78, 5) is 20.8. The lowest BCUT2D eigenvalue weighted by Crippen LogP contribution is -2.34. The van der Waals surface area contributed by atoms with Crippen LogP contribution in [0.15, 0.2) is 24.3 Å². The number of esters is 1. The Morgan fingerprint density at radius 2 is 1.70 bits per heavy atom. The summed E-state index contributed by atoms with van der Waals surface area (Å²) in [6.07, 6.45) is 0. The first-order valence-corrected chi connectivity index (χ1v) is 8.96. The maximum atomic E-state index is 12.0. The van der Waals surface area contributed by atoms with Crippen LogP contribution in [0.4, 0.5) is 0 Å². The van der Waals surface area contributed by atoms with E-state index < -0.39 is 26.3 Å². The van der Waals surface area contributed by atoms with E-state index in [2.05, 4.69) is 9.97 Å². The lowest BCUT2D eigenvalue weighted by Gasteiger charge is -2.15. The number of fused-ring (bicyclic) bond motifs is 1. The molecule has 1 heterocycles. The van der Waals surface area contributed by atoms with Gasteiger partial charge in [-0.25, -0.2) is 18.4 Å². The highest BCUT2D eigenvalue weighted by atomic mass is 32.2. The van der Waals surface area contributed by atoms with E-state index in [0.717, 1.165) is 5.52 Å². The number of para-hydroxylation sites is 2. The van der Waals surface area contributed by atoms with E-state index in [4.69, 9.17) is 4.74 Å². The van der Waals surface area contributed by atoms with E-state index in [1.807, 2.05) is 24.3 Å². The van der Waals surface area contributed by atoms with Gasteiger partial charge in [0.05, 0.1) is 27.7 Å². The Morgan fingerprint density at radius 3 is 2.26 bits per heavy atom. The third kappa shape index (κ3) is 3.67. The normalized spacial score (nSPS) is 13.3. The number of carbonyl (C=O) groups is 1. The average molecular weight is 336 g/mol. The van der Waals surface area contributed by atoms with Crippen LogP contribution in [0.2, 0.25) is 0 Å². The van der Waals surface area contributed by atoms with Crippen LogP contribution in [0.25, 0.3) is 11.0 Å². The predicted octanol–water partition coefficient (Wildman–Crippen LogP) is 2.19. The van der Waals surface area contributed by atoms with Crippen molar-refractivity contribution in [3.63, 3.8) is 0 Å². The van der Waals surface area contributed by atoms with Gasteiger partial charge in [0, 0.05) is 0 Å². The molecule has 0 unspecified atom stereocenters. The topological polar surface area (TPSA) is 86.2 Å². The minimum Gasteiger partial charge on any atom is -0.458 e. The molecule has 0 aliphatic carbocycles. The van der Waals surface area contributed by atoms with E-state index in [1.165, 1.54) is 20.8 Å². The highest BCUT2D eigenvalue weighted by molar-refractivity contribution is 7.93. The summed E-state index contributed by atoms with van der Waals surface area (Å²) < 4.78 is 29.1. The molecule has 0 spiro atoms. The van der Waals surface area contributed by atoms with E-state index in [-0.39, 0.29) is 6.61 Å². The van der Waals surface area contributed by atoms with Crippen LogP contribution in [0.5, 0.6) is 0 Å². The molecule has 0 radical (unpaired) electrons. The molecule has 6 nitrogen and oxygen atoms in total. The molecule has 0 aliphatic rings. The number of carbonyl (C=O) groups excluding carboxylic acids is 1. The van der Waals surface area contributed by atoms with Crippen molar-refractivity contribution in [2.24, 2.45) is 0 Å². The zero-order chi connectivity index (χ0) is 17.2. The first-order valence-electron chi connectivity index (χ1n) is 7.35. The van der Waals surface area contributed by atoms with Gasteiger partial charge in [0.2, 0.25) is 0 Å². The van der Waals surface area contributed by atoms with E-state index in [1.54, 1.807) is 6.92 Å². The number of sulfone groups is 1. The van der Waals surface area contributed by atoms with Crippen molar-refractivity contribution in [1.82, 2.24) is 9.97 Å². The van der Waals surface area contributed by atoms with Crippen molar-refractivity contribution in [1.29, 1.82) is 0 Å². The molecule has 2 aromatic rings. The second kappa shape index (κ2) is 6.62. The molecule has 1 atom stereocenters. The fourth-order valence-corrected chi connectivity index (χ4v) is 3.21. The molecule has 1 aromatic heterocycles. The highest BCUT2D eigenvalue weighted by Crippen LogP contribution is 2.15. The Morgan fingerprint density at radius 1 is 1.13 bits per heavy atom. The molecule has 0 amide bonds. The number of hydrogen-bond donors (Lipinski definition) is 0. The third-order valence-electron chi connectivity index (χ3n) is 3.68. The van der Waals surface area contributed by atoms with Gasteiger partial charge in [0.1, 0.15) is 6.61 Å². The maximum absolute atomic E-state index is 12.0. The molecule has 23 heavy (non-hydrogen) atoms. The van der Waals surface area contributed by atoms with Gasteiger partial charge in [-0.3, -0.25) is 4.79 Å². The van der Waals surface area contributed by atoms with Crippen molar-refractivity contribution >= 4 is 26.8 Å². The first-order chi connectivity index (χ1) is 10.7. The molecular formula is C16H20N2O4S. The molecule has 0 saturated carbocycles. The quantitative estimate of drug-likeness (QED) is 0.778. The van der Waals surface area contributed by atoms with Crippen LogP contribution in [-0.4, -0.2) is 34.9 Å². The molecule has 0 fully saturated rings. The van der Waals surface area contributed by atoms with E-state index in [0.29, 0.717) is 16.9 Å². The number of aromatic nitrogens is 2. The lowest BCUT2D eigenvalue weighted by atomic mass is 10.2. The van der Waals surface area contributed by atoms with Gasteiger partial charge in [-0.05, 0) is 39.8 Å². The minimum absolute atomic E-state index is 0.0968. The molecule has 0 N–H and O–H groups in total. The monoisotopic (exact) mass is 336 g/mol. The Balaban J connectivity index is 2.15. The van der Waals surface area contributed by atoms with Gasteiger partial charge in [-0.2, -0.15) is 0 Å². The van der Waals surface area contributed by atoms with Crippen LogP contribution in [0.1, 0.15) is 32.2 Å². The number of aryl methyl sites for hydroxylation is 1.